The maximum absolute atomic E-state index is 12.3. The molecule has 0 spiro atoms. The normalized spacial score (nSPS) is 12.7. The molecule has 6 nitrogen and oxygen atoms in total. The van der Waals surface area contributed by atoms with Gasteiger partial charge in [-0.15, -0.1) is 11.3 Å². The average molecular weight is 307 g/mol. The van der Waals surface area contributed by atoms with Gasteiger partial charge >= 0.3 is 0 Å². The lowest BCUT2D eigenvalue weighted by Gasteiger charge is -2.11. The Balaban J connectivity index is 1.81. The zero-order valence-corrected chi connectivity index (χ0v) is 12.7. The predicted molar refractivity (Wildman–Crippen MR) is 80.4 cm³/mol. The SMILES string of the molecule is CN(C)c1ccnc(CS(=O)c2nc3cscc3[nH]2)n1. The van der Waals surface area contributed by atoms with E-state index in [9.17, 15) is 4.21 Å². The summed E-state index contributed by atoms with van der Waals surface area (Å²) in [4.78, 5) is 17.8. The van der Waals surface area contributed by atoms with E-state index in [1.54, 1.807) is 17.5 Å². The van der Waals surface area contributed by atoms with Gasteiger partial charge in [0.05, 0.1) is 22.1 Å². The molecule has 104 valence electrons. The van der Waals surface area contributed by atoms with Crippen molar-refractivity contribution in [3.8, 4) is 0 Å². The second-order valence-corrected chi connectivity index (χ2v) is 6.54. The van der Waals surface area contributed by atoms with E-state index in [0.717, 1.165) is 16.9 Å². The van der Waals surface area contributed by atoms with Crippen LogP contribution in [0, 0.1) is 0 Å². The van der Waals surface area contributed by atoms with Crippen molar-refractivity contribution in [1.82, 2.24) is 19.9 Å². The molecule has 0 saturated carbocycles. The van der Waals surface area contributed by atoms with E-state index in [-0.39, 0.29) is 5.75 Å². The van der Waals surface area contributed by atoms with Gasteiger partial charge in [-0.1, -0.05) is 0 Å². The molecule has 0 bridgehead atoms. The number of nitrogens with zero attached hydrogens (tertiary/aromatic N) is 4. The van der Waals surface area contributed by atoms with Crippen molar-refractivity contribution in [2.75, 3.05) is 19.0 Å². The van der Waals surface area contributed by atoms with Crippen LogP contribution in [-0.2, 0) is 16.6 Å². The number of hydrogen-bond acceptors (Lipinski definition) is 6. The van der Waals surface area contributed by atoms with Crippen LogP contribution in [0.3, 0.4) is 0 Å². The molecule has 3 rings (SSSR count). The van der Waals surface area contributed by atoms with Gasteiger partial charge < -0.3 is 9.88 Å². The first-order valence-corrected chi connectivity index (χ1v) is 8.19. The topological polar surface area (TPSA) is 74.8 Å². The van der Waals surface area contributed by atoms with Crippen LogP contribution in [0.2, 0.25) is 0 Å². The highest BCUT2D eigenvalue weighted by molar-refractivity contribution is 7.84. The quantitative estimate of drug-likeness (QED) is 0.795. The number of fused-ring (bicyclic) bond motifs is 1. The molecule has 0 saturated heterocycles. The summed E-state index contributed by atoms with van der Waals surface area (Å²) in [6, 6.07) is 1.81. The molecular formula is C12H13N5OS2. The number of imidazole rings is 1. The monoisotopic (exact) mass is 307 g/mol. The number of rotatable bonds is 4. The van der Waals surface area contributed by atoms with Gasteiger partial charge in [-0.25, -0.2) is 15.0 Å². The van der Waals surface area contributed by atoms with Crippen LogP contribution < -0.4 is 4.90 Å². The molecule has 1 N–H and O–H groups in total. The molecule has 0 aromatic carbocycles. The summed E-state index contributed by atoms with van der Waals surface area (Å²) in [5.74, 6) is 1.60. The number of aromatic amines is 1. The lowest BCUT2D eigenvalue weighted by atomic mass is 10.5. The van der Waals surface area contributed by atoms with Crippen molar-refractivity contribution >= 4 is 39.0 Å². The summed E-state index contributed by atoms with van der Waals surface area (Å²) < 4.78 is 12.3. The summed E-state index contributed by atoms with van der Waals surface area (Å²) in [6.07, 6.45) is 1.68. The first kappa shape index (κ1) is 13.2. The Bertz CT molecular complexity index is 735. The molecule has 0 aliphatic heterocycles. The molecule has 0 aliphatic carbocycles. The number of nitrogens with one attached hydrogen (secondary N) is 1. The van der Waals surface area contributed by atoms with Crippen LogP contribution in [0.15, 0.2) is 28.2 Å². The van der Waals surface area contributed by atoms with E-state index in [1.807, 2.05) is 35.8 Å². The third-order valence-corrected chi connectivity index (χ3v) is 4.61. The van der Waals surface area contributed by atoms with Crippen LogP contribution in [0.4, 0.5) is 5.82 Å². The first-order valence-electron chi connectivity index (χ1n) is 5.93. The van der Waals surface area contributed by atoms with Gasteiger partial charge in [0.1, 0.15) is 17.2 Å². The van der Waals surface area contributed by atoms with Crippen LogP contribution in [-0.4, -0.2) is 38.2 Å². The van der Waals surface area contributed by atoms with Crippen molar-refractivity contribution in [2.45, 2.75) is 10.9 Å². The third kappa shape index (κ3) is 2.56. The van der Waals surface area contributed by atoms with E-state index in [1.165, 1.54) is 0 Å². The number of hydrogen-bond donors (Lipinski definition) is 1. The van der Waals surface area contributed by atoms with Crippen LogP contribution in [0.25, 0.3) is 11.0 Å². The minimum Gasteiger partial charge on any atom is -0.363 e. The van der Waals surface area contributed by atoms with E-state index in [0.29, 0.717) is 11.0 Å². The Labute approximate surface area is 122 Å². The first-order chi connectivity index (χ1) is 9.63. The molecule has 8 heteroatoms. The standard InChI is InChI=1S/C12H13N5OS2/c1-17(2)11-3-4-13-10(16-11)7-20(18)12-14-8-5-19-6-9(8)15-12/h3-6H,7H2,1-2H3,(H,14,15). The molecule has 3 heterocycles. The summed E-state index contributed by atoms with van der Waals surface area (Å²) in [7, 11) is 2.54. The Morgan fingerprint density at radius 3 is 2.95 bits per heavy atom. The Morgan fingerprint density at radius 1 is 1.35 bits per heavy atom. The molecule has 0 aliphatic rings. The van der Waals surface area contributed by atoms with E-state index in [4.69, 9.17) is 0 Å². The van der Waals surface area contributed by atoms with Crippen molar-refractivity contribution in [3.63, 3.8) is 0 Å². The highest BCUT2D eigenvalue weighted by Crippen LogP contribution is 2.18. The molecule has 3 aromatic heterocycles. The molecule has 0 amide bonds. The second-order valence-electron chi connectivity index (χ2n) is 4.43. The zero-order valence-electron chi connectivity index (χ0n) is 11.0. The largest absolute Gasteiger partial charge is 0.363 e. The van der Waals surface area contributed by atoms with E-state index >= 15 is 0 Å². The molecule has 1 unspecified atom stereocenters. The molecular weight excluding hydrogens is 294 g/mol. The summed E-state index contributed by atoms with van der Waals surface area (Å²) in [6.45, 7) is 0. The van der Waals surface area contributed by atoms with Crippen molar-refractivity contribution in [1.29, 1.82) is 0 Å². The molecule has 0 fully saturated rings. The van der Waals surface area contributed by atoms with Crippen LogP contribution in [0.5, 0.6) is 0 Å². The average Bonchev–Trinajstić information content (AvgIpc) is 2.99. The maximum atomic E-state index is 12.3. The maximum Gasteiger partial charge on any atom is 0.197 e. The molecule has 20 heavy (non-hydrogen) atoms. The number of aromatic nitrogens is 4. The zero-order chi connectivity index (χ0) is 14.1. The fourth-order valence-electron chi connectivity index (χ4n) is 1.72. The highest BCUT2D eigenvalue weighted by atomic mass is 32.2. The van der Waals surface area contributed by atoms with Gasteiger partial charge in [0, 0.05) is 31.1 Å². The smallest absolute Gasteiger partial charge is 0.197 e. The Morgan fingerprint density at radius 2 is 2.20 bits per heavy atom. The van der Waals surface area contributed by atoms with Gasteiger partial charge in [0.25, 0.3) is 0 Å². The number of H-pyrrole nitrogens is 1. The lowest BCUT2D eigenvalue weighted by molar-refractivity contribution is 0.676. The minimum atomic E-state index is -1.27. The van der Waals surface area contributed by atoms with Crippen LogP contribution >= 0.6 is 11.3 Å². The van der Waals surface area contributed by atoms with Gasteiger partial charge in [-0.2, -0.15) is 0 Å². The Hall–Kier alpha value is -1.80. The van der Waals surface area contributed by atoms with E-state index < -0.39 is 10.8 Å². The summed E-state index contributed by atoms with van der Waals surface area (Å²) in [5, 5.41) is 4.35. The number of anilines is 1. The summed E-state index contributed by atoms with van der Waals surface area (Å²) in [5.41, 5.74) is 1.77. The van der Waals surface area contributed by atoms with Gasteiger partial charge in [-0.05, 0) is 6.07 Å². The minimum absolute atomic E-state index is 0.251. The Kier molecular flexibility index (Phi) is 3.49. The van der Waals surface area contributed by atoms with E-state index in [2.05, 4.69) is 19.9 Å². The molecule has 1 atom stereocenters. The van der Waals surface area contributed by atoms with Gasteiger partial charge in [0.15, 0.2) is 5.16 Å². The third-order valence-electron chi connectivity index (χ3n) is 2.73. The van der Waals surface area contributed by atoms with Crippen molar-refractivity contribution in [2.24, 2.45) is 0 Å². The predicted octanol–water partition coefficient (Wildman–Crippen LogP) is 1.79. The molecule has 3 aromatic rings. The second kappa shape index (κ2) is 5.29. The van der Waals surface area contributed by atoms with Gasteiger partial charge in [-0.3, -0.25) is 4.21 Å². The van der Waals surface area contributed by atoms with Crippen LogP contribution in [0.1, 0.15) is 5.82 Å². The summed E-state index contributed by atoms with van der Waals surface area (Å²) >= 11 is 1.57. The fourth-order valence-corrected chi connectivity index (χ4v) is 3.35. The lowest BCUT2D eigenvalue weighted by Crippen LogP contribution is -2.12. The highest BCUT2D eigenvalue weighted by Gasteiger charge is 2.13. The van der Waals surface area contributed by atoms with Crippen molar-refractivity contribution in [3.05, 3.63) is 28.8 Å². The number of thiophene rings is 1. The molecule has 0 radical (unpaired) electrons. The van der Waals surface area contributed by atoms with Gasteiger partial charge in [0.2, 0.25) is 0 Å². The van der Waals surface area contributed by atoms with Crippen molar-refractivity contribution < 1.29 is 4.21 Å². The fraction of sp³-hybridized carbons (Fsp3) is 0.250.